The number of hydrogen-bond acceptors (Lipinski definition) is 3. The summed E-state index contributed by atoms with van der Waals surface area (Å²) in [4.78, 5) is 9.04. The fourth-order valence-corrected chi connectivity index (χ4v) is 3.13. The second-order valence-corrected chi connectivity index (χ2v) is 5.42. The largest absolute Gasteiger partial charge is 0.477 e. The van der Waals surface area contributed by atoms with Gasteiger partial charge < -0.3 is 5.11 Å². The van der Waals surface area contributed by atoms with Gasteiger partial charge in [0.25, 0.3) is 0 Å². The molecular formula is C10H5F3O4S. The third kappa shape index (κ3) is 1.69. The van der Waals surface area contributed by atoms with E-state index in [1.165, 1.54) is 0 Å². The molecule has 0 unspecified atom stereocenters. The van der Waals surface area contributed by atoms with Crippen LogP contribution >= 0.6 is 0 Å². The highest BCUT2D eigenvalue weighted by Gasteiger charge is 2.41. The van der Waals surface area contributed by atoms with Crippen LogP contribution in [0.25, 0.3) is 6.08 Å². The standard InChI is InChI=1S/C10H5F3O4S/c11-10(12,13)6-2-1-3-7-5(6)4-8(9(14)15)18(7,16)17/h1-4H,(H,14,15). The van der Waals surface area contributed by atoms with Crippen molar-refractivity contribution in [2.75, 3.05) is 0 Å². The van der Waals surface area contributed by atoms with Gasteiger partial charge in [-0.05, 0) is 18.2 Å². The molecule has 0 atom stereocenters. The molecule has 0 saturated carbocycles. The highest BCUT2D eigenvalue weighted by atomic mass is 32.2. The van der Waals surface area contributed by atoms with Crippen molar-refractivity contribution >= 4 is 21.9 Å². The van der Waals surface area contributed by atoms with E-state index in [0.29, 0.717) is 12.1 Å². The number of hydrogen-bond donors (Lipinski definition) is 1. The molecule has 0 radical (unpaired) electrons. The zero-order valence-electron chi connectivity index (χ0n) is 8.52. The summed E-state index contributed by atoms with van der Waals surface area (Å²) in [5, 5.41) is 8.69. The van der Waals surface area contributed by atoms with E-state index in [9.17, 15) is 26.4 Å². The molecule has 96 valence electrons. The number of aliphatic carboxylic acids is 1. The van der Waals surface area contributed by atoms with Crippen molar-refractivity contribution in [1.29, 1.82) is 0 Å². The molecule has 0 saturated heterocycles. The smallest absolute Gasteiger partial charge is 0.417 e. The van der Waals surface area contributed by atoms with Crippen molar-refractivity contribution in [1.82, 2.24) is 0 Å². The highest BCUT2D eigenvalue weighted by molar-refractivity contribution is 7.96. The zero-order valence-corrected chi connectivity index (χ0v) is 9.34. The van der Waals surface area contributed by atoms with Gasteiger partial charge in [-0.15, -0.1) is 0 Å². The molecule has 1 aliphatic rings. The number of rotatable bonds is 1. The molecular weight excluding hydrogens is 273 g/mol. The normalized spacial score (nSPS) is 17.2. The molecule has 1 aliphatic heterocycles. The fraction of sp³-hybridized carbons (Fsp3) is 0.100. The molecule has 1 aromatic rings. The highest BCUT2D eigenvalue weighted by Crippen LogP contribution is 2.41. The number of fused-ring (bicyclic) bond motifs is 1. The van der Waals surface area contributed by atoms with E-state index < -0.39 is 42.9 Å². The molecule has 8 heteroatoms. The lowest BCUT2D eigenvalue weighted by atomic mass is 10.1. The van der Waals surface area contributed by atoms with Crippen LogP contribution in [0.15, 0.2) is 28.0 Å². The van der Waals surface area contributed by atoms with Gasteiger partial charge in [-0.1, -0.05) is 6.07 Å². The Morgan fingerprint density at radius 3 is 2.33 bits per heavy atom. The van der Waals surface area contributed by atoms with E-state index in [0.717, 1.165) is 12.1 Å². The molecule has 1 N–H and O–H groups in total. The number of benzene rings is 1. The van der Waals surface area contributed by atoms with E-state index in [4.69, 9.17) is 5.11 Å². The Morgan fingerprint density at radius 1 is 1.22 bits per heavy atom. The Bertz CT molecular complexity index is 671. The van der Waals surface area contributed by atoms with Crippen molar-refractivity contribution in [3.05, 3.63) is 34.2 Å². The number of alkyl halides is 3. The van der Waals surface area contributed by atoms with Gasteiger partial charge in [0.05, 0.1) is 10.5 Å². The Kier molecular flexibility index (Phi) is 2.51. The Morgan fingerprint density at radius 2 is 1.83 bits per heavy atom. The minimum Gasteiger partial charge on any atom is -0.477 e. The van der Waals surface area contributed by atoms with Gasteiger partial charge >= 0.3 is 12.1 Å². The lowest BCUT2D eigenvalue weighted by Crippen LogP contribution is -2.10. The maximum absolute atomic E-state index is 12.7. The molecule has 4 nitrogen and oxygen atoms in total. The average molecular weight is 278 g/mol. The maximum atomic E-state index is 12.7. The van der Waals surface area contributed by atoms with E-state index in [1.807, 2.05) is 0 Å². The third-order valence-electron chi connectivity index (χ3n) is 2.44. The van der Waals surface area contributed by atoms with Crippen molar-refractivity contribution in [3.63, 3.8) is 0 Å². The van der Waals surface area contributed by atoms with Crippen molar-refractivity contribution in [2.24, 2.45) is 0 Å². The molecule has 18 heavy (non-hydrogen) atoms. The predicted octanol–water partition coefficient (Wildman–Crippen LogP) is 1.92. The SMILES string of the molecule is O=C(O)C1=Cc2c(C(F)(F)F)cccc2S1(=O)=O. The van der Waals surface area contributed by atoms with Crippen LogP contribution in [0.4, 0.5) is 13.2 Å². The number of halogens is 3. The molecule has 0 aliphatic carbocycles. The maximum Gasteiger partial charge on any atom is 0.417 e. The van der Waals surface area contributed by atoms with Crippen LogP contribution in [-0.2, 0) is 20.8 Å². The molecule has 0 spiro atoms. The first-order chi connectivity index (χ1) is 8.15. The number of carboxylic acid groups (broad SMARTS) is 1. The van der Waals surface area contributed by atoms with Crippen molar-refractivity contribution in [2.45, 2.75) is 11.1 Å². The van der Waals surface area contributed by atoms with Crippen LogP contribution in [0.1, 0.15) is 11.1 Å². The molecule has 0 amide bonds. The number of carbonyl (C=O) groups is 1. The first-order valence-corrected chi connectivity index (χ1v) is 6.04. The average Bonchev–Trinajstić information content (AvgIpc) is 2.49. The Hall–Kier alpha value is -1.83. The lowest BCUT2D eigenvalue weighted by Gasteiger charge is -2.09. The molecule has 0 aromatic heterocycles. The van der Waals surface area contributed by atoms with Crippen molar-refractivity contribution < 1.29 is 31.5 Å². The summed E-state index contributed by atoms with van der Waals surface area (Å²) in [5.41, 5.74) is -1.79. The van der Waals surface area contributed by atoms with Gasteiger partial charge in [-0.3, -0.25) is 0 Å². The topological polar surface area (TPSA) is 71.4 Å². The Balaban J connectivity index is 2.80. The molecule has 2 rings (SSSR count). The van der Waals surface area contributed by atoms with Gasteiger partial charge in [-0.25, -0.2) is 13.2 Å². The summed E-state index contributed by atoms with van der Waals surface area (Å²) in [7, 11) is -4.37. The second kappa shape index (κ2) is 3.58. The minimum atomic E-state index is -4.74. The van der Waals surface area contributed by atoms with E-state index in [1.54, 1.807) is 0 Å². The third-order valence-corrected chi connectivity index (χ3v) is 4.24. The summed E-state index contributed by atoms with van der Waals surface area (Å²) in [5.74, 6) is -1.78. The number of sulfone groups is 1. The lowest BCUT2D eigenvalue weighted by molar-refractivity contribution is -0.138. The first-order valence-electron chi connectivity index (χ1n) is 4.56. The quantitative estimate of drug-likeness (QED) is 0.851. The van der Waals surface area contributed by atoms with E-state index >= 15 is 0 Å². The monoisotopic (exact) mass is 278 g/mol. The minimum absolute atomic E-state index is 0.538. The van der Waals surface area contributed by atoms with Crippen LogP contribution in [-0.4, -0.2) is 19.5 Å². The summed E-state index contributed by atoms with van der Waals surface area (Å²) >= 11 is 0. The first kappa shape index (κ1) is 12.6. The summed E-state index contributed by atoms with van der Waals surface area (Å²) in [6, 6.07) is 2.58. The molecule has 1 heterocycles. The Labute approximate surface area is 99.3 Å². The summed E-state index contributed by atoms with van der Waals surface area (Å²) in [6.07, 6.45) is -4.21. The van der Waals surface area contributed by atoms with Gasteiger partial charge in [0, 0.05) is 5.56 Å². The molecule has 0 bridgehead atoms. The predicted molar refractivity (Wildman–Crippen MR) is 54.2 cm³/mol. The second-order valence-electron chi connectivity index (χ2n) is 3.53. The van der Waals surface area contributed by atoms with Crippen LogP contribution in [0, 0.1) is 0 Å². The molecule has 1 aromatic carbocycles. The van der Waals surface area contributed by atoms with Gasteiger partial charge in [0.2, 0.25) is 9.84 Å². The van der Waals surface area contributed by atoms with Gasteiger partial charge in [0.15, 0.2) is 4.91 Å². The van der Waals surface area contributed by atoms with Crippen LogP contribution < -0.4 is 0 Å². The number of carboxylic acids is 1. The van der Waals surface area contributed by atoms with Crippen LogP contribution in [0.5, 0.6) is 0 Å². The van der Waals surface area contributed by atoms with Crippen LogP contribution in [0.2, 0.25) is 0 Å². The summed E-state index contributed by atoms with van der Waals surface area (Å²) in [6.45, 7) is 0. The fourth-order valence-electron chi connectivity index (χ4n) is 1.68. The van der Waals surface area contributed by atoms with Gasteiger partial charge in [0.1, 0.15) is 0 Å². The van der Waals surface area contributed by atoms with E-state index in [2.05, 4.69) is 0 Å². The van der Waals surface area contributed by atoms with Crippen molar-refractivity contribution in [3.8, 4) is 0 Å². The summed E-state index contributed by atoms with van der Waals surface area (Å²) < 4.78 is 61.3. The molecule has 0 fully saturated rings. The zero-order chi connectivity index (χ0) is 13.7. The van der Waals surface area contributed by atoms with Crippen LogP contribution in [0.3, 0.4) is 0 Å². The van der Waals surface area contributed by atoms with E-state index in [-0.39, 0.29) is 0 Å². The van der Waals surface area contributed by atoms with Gasteiger partial charge in [-0.2, -0.15) is 13.2 Å².